The first-order valence-corrected chi connectivity index (χ1v) is 27.4. The molecule has 1 unspecified atom stereocenters. The second-order valence-corrected chi connectivity index (χ2v) is 22.6. The number of ether oxygens (including phenoxy) is 5. The molecule has 7 heterocycles. The number of piperidine rings is 2. The molecular weight excluding hydrogens is 931 g/mol. The number of pyridine rings is 2. The lowest BCUT2D eigenvalue weighted by Crippen LogP contribution is -2.59. The Labute approximate surface area is 425 Å². The highest BCUT2D eigenvalue weighted by molar-refractivity contribution is 5.90. The first-order valence-electron chi connectivity index (χ1n) is 27.4. The maximum Gasteiger partial charge on any atom is 0.415 e. The number of amides is 2. The Morgan fingerprint density at radius 2 is 1.62 bits per heavy atom. The summed E-state index contributed by atoms with van der Waals surface area (Å²) in [6.45, 7) is 7.77. The van der Waals surface area contributed by atoms with Gasteiger partial charge in [-0.05, 0) is 156 Å². The van der Waals surface area contributed by atoms with Crippen molar-refractivity contribution in [3.63, 3.8) is 0 Å². The van der Waals surface area contributed by atoms with E-state index < -0.39 is 29.2 Å². The third kappa shape index (κ3) is 8.16. The number of fused-ring (bicyclic) bond motifs is 5. The molecule has 0 radical (unpaired) electrons. The van der Waals surface area contributed by atoms with Gasteiger partial charge in [-0.2, -0.15) is 9.78 Å². The van der Waals surface area contributed by atoms with E-state index in [9.17, 15) is 19.2 Å². The van der Waals surface area contributed by atoms with Crippen molar-refractivity contribution in [3.8, 4) is 17.1 Å². The molecule has 14 rings (SSSR count). The van der Waals surface area contributed by atoms with Crippen LogP contribution in [0.4, 0.5) is 15.3 Å². The van der Waals surface area contributed by atoms with E-state index in [1.807, 2.05) is 42.2 Å². The highest BCUT2D eigenvalue weighted by atomic mass is 17.3. The number of esters is 1. The number of carbonyl (C=O) groups is 3. The molecule has 2 aromatic heterocycles. The molecule has 16 nitrogen and oxygen atoms in total. The Hall–Kier alpha value is -5.39. The first-order chi connectivity index (χ1) is 35.5. The Kier molecular flexibility index (Phi) is 12.0. The summed E-state index contributed by atoms with van der Waals surface area (Å²) in [6, 6.07) is 15.2. The van der Waals surface area contributed by atoms with Gasteiger partial charge in [0.25, 0.3) is 5.56 Å². The number of carbonyl (C=O) groups excluding carboxylic acids is 3. The third-order valence-electron chi connectivity index (χ3n) is 18.5. The van der Waals surface area contributed by atoms with Crippen LogP contribution in [0.2, 0.25) is 0 Å². The van der Waals surface area contributed by atoms with E-state index in [0.717, 1.165) is 97.5 Å². The number of anilines is 1. The minimum atomic E-state index is -1.55. The molecule has 2 aromatic carbocycles. The van der Waals surface area contributed by atoms with Crippen molar-refractivity contribution in [1.29, 1.82) is 0 Å². The molecule has 10 aliphatic rings. The molecule has 5 aliphatic carbocycles. The zero-order chi connectivity index (χ0) is 49.6. The number of rotatable bonds is 9. The number of hydrogen-bond acceptors (Lipinski definition) is 13. The molecule has 2 amide bonds. The predicted molar refractivity (Wildman–Crippen MR) is 267 cm³/mol. The zero-order valence-electron chi connectivity index (χ0n) is 42.1. The topological polar surface area (TPSA) is 169 Å². The summed E-state index contributed by atoms with van der Waals surface area (Å²) in [4.78, 5) is 77.0. The molecule has 4 bridgehead atoms. The van der Waals surface area contributed by atoms with Gasteiger partial charge in [-0.25, -0.2) is 19.4 Å². The van der Waals surface area contributed by atoms with Gasteiger partial charge in [0, 0.05) is 66.0 Å². The van der Waals surface area contributed by atoms with Crippen molar-refractivity contribution in [3.05, 3.63) is 86.7 Å². The van der Waals surface area contributed by atoms with Crippen LogP contribution in [0.15, 0.2) is 53.3 Å². The number of cyclic esters (lactones) is 1. The van der Waals surface area contributed by atoms with Gasteiger partial charge in [0.1, 0.15) is 18.5 Å². The summed E-state index contributed by atoms with van der Waals surface area (Å²) in [5, 5.41) is 3.74. The SMILES string of the molecule is CCc1c2c(nc3ccc(OC(=O)N4CCC(N5CCCCC5)CC4)cc13)-c1cc3c(c(=O)n1C2)COC(=O)[C@@]3(CC)OCc1ccc(NC(=O)OC2CCC[C@]3(C2)OOC2(O3)C3CC4CC(C3)CC2C4)cc1. The van der Waals surface area contributed by atoms with Crippen molar-refractivity contribution >= 4 is 34.7 Å². The van der Waals surface area contributed by atoms with E-state index in [2.05, 4.69) is 17.1 Å². The number of aromatic nitrogens is 2. The average Bonchev–Trinajstić information content (AvgIpc) is 3.97. The highest BCUT2D eigenvalue weighted by Crippen LogP contribution is 2.64. The fourth-order valence-electron chi connectivity index (χ4n) is 14.9. The number of benzene rings is 2. The lowest BCUT2D eigenvalue weighted by atomic mass is 9.53. The Balaban J connectivity index is 0.671. The van der Waals surface area contributed by atoms with Crippen LogP contribution in [0, 0.1) is 23.7 Å². The van der Waals surface area contributed by atoms with Gasteiger partial charge in [-0.15, -0.1) is 0 Å². The molecule has 4 aromatic rings. The molecule has 16 heteroatoms. The van der Waals surface area contributed by atoms with Gasteiger partial charge < -0.3 is 38.1 Å². The molecule has 3 atom stereocenters. The van der Waals surface area contributed by atoms with E-state index in [1.54, 1.807) is 22.8 Å². The van der Waals surface area contributed by atoms with Crippen LogP contribution in [0.25, 0.3) is 22.3 Å². The fraction of sp³-hybridized carbons (Fsp3) is 0.596. The van der Waals surface area contributed by atoms with E-state index >= 15 is 0 Å². The van der Waals surface area contributed by atoms with Crippen LogP contribution in [-0.4, -0.2) is 87.4 Å². The summed E-state index contributed by atoms with van der Waals surface area (Å²) in [7, 11) is 0. The summed E-state index contributed by atoms with van der Waals surface area (Å²) < 4.78 is 32.9. The zero-order valence-corrected chi connectivity index (χ0v) is 42.1. The van der Waals surface area contributed by atoms with Crippen LogP contribution in [0.3, 0.4) is 0 Å². The van der Waals surface area contributed by atoms with E-state index in [0.29, 0.717) is 97.1 Å². The highest BCUT2D eigenvalue weighted by Gasteiger charge is 2.67. The smallest absolute Gasteiger partial charge is 0.415 e. The van der Waals surface area contributed by atoms with Crippen molar-refractivity contribution in [2.75, 3.05) is 31.5 Å². The monoisotopic (exact) mass is 997 g/mol. The number of likely N-dealkylation sites (tertiary alicyclic amines) is 2. The van der Waals surface area contributed by atoms with E-state index in [-0.39, 0.29) is 37.4 Å². The van der Waals surface area contributed by atoms with E-state index in [4.69, 9.17) is 38.4 Å². The van der Waals surface area contributed by atoms with Gasteiger partial charge in [0.2, 0.25) is 11.6 Å². The standard InChI is InChI=1S/C57H67N5O11/c1-3-43-44-28-41(70-54(66)61-21-16-40(17-22-61)60-19-6-5-7-20-60)14-15-48(44)59-50-45(43)31-62-49(50)29-47-46(51(62)63)33-67-52(64)56(47,4-2)68-32-34-10-12-39(13-11-34)58-53(65)69-42-9-8-18-55(30-42)71-57(73-72-55)37-24-35-23-36(26-37)27-38(57)25-35/h10-15,28-29,35-38,40,42H,3-9,16-27,30-33H2,1-2H3,(H,58,65)/t35?,36?,37?,38?,42?,55-,56+,57?/m1/s1. The minimum Gasteiger partial charge on any atom is -0.458 e. The van der Waals surface area contributed by atoms with Gasteiger partial charge >= 0.3 is 18.2 Å². The van der Waals surface area contributed by atoms with Crippen LogP contribution in [0.5, 0.6) is 5.75 Å². The van der Waals surface area contributed by atoms with Crippen LogP contribution >= 0.6 is 0 Å². The summed E-state index contributed by atoms with van der Waals surface area (Å²) in [5.74, 6) is 0.593. The van der Waals surface area contributed by atoms with Gasteiger partial charge in [0.15, 0.2) is 5.60 Å². The maximum atomic E-state index is 14.5. The molecule has 73 heavy (non-hydrogen) atoms. The van der Waals surface area contributed by atoms with Crippen LogP contribution < -0.4 is 15.6 Å². The van der Waals surface area contributed by atoms with Crippen LogP contribution in [0.1, 0.15) is 138 Å². The third-order valence-corrected chi connectivity index (χ3v) is 18.5. The Bertz CT molecular complexity index is 2880. The molecule has 3 saturated heterocycles. The van der Waals surface area contributed by atoms with E-state index in [1.165, 1.54) is 25.7 Å². The second-order valence-electron chi connectivity index (χ2n) is 22.6. The van der Waals surface area contributed by atoms with Crippen LogP contribution in [-0.2, 0) is 65.3 Å². The summed E-state index contributed by atoms with van der Waals surface area (Å²) in [6.07, 6.45) is 13.8. The molecule has 386 valence electrons. The predicted octanol–water partition coefficient (Wildman–Crippen LogP) is 9.63. The summed E-state index contributed by atoms with van der Waals surface area (Å²) >= 11 is 0. The minimum absolute atomic E-state index is 0.0333. The number of nitrogens with one attached hydrogen (secondary N) is 1. The molecule has 1 N–H and O–H groups in total. The largest absolute Gasteiger partial charge is 0.458 e. The number of hydrogen-bond donors (Lipinski definition) is 1. The fourth-order valence-corrected chi connectivity index (χ4v) is 14.9. The Morgan fingerprint density at radius 3 is 2.36 bits per heavy atom. The lowest BCUT2D eigenvalue weighted by Gasteiger charge is -2.57. The van der Waals surface area contributed by atoms with Gasteiger partial charge in [0.05, 0.1) is 35.6 Å². The molecular formula is C57H67N5O11. The normalized spacial score (nSPS) is 31.4. The average molecular weight is 998 g/mol. The molecule has 5 saturated carbocycles. The van der Waals surface area contributed by atoms with Crippen molar-refractivity contribution < 1.29 is 47.8 Å². The van der Waals surface area contributed by atoms with Crippen molar-refractivity contribution in [2.45, 2.75) is 166 Å². The molecule has 2 spiro atoms. The van der Waals surface area contributed by atoms with Gasteiger partial charge in [-0.3, -0.25) is 10.1 Å². The molecule has 5 aliphatic heterocycles. The quantitative estimate of drug-likeness (QED) is 0.110. The summed E-state index contributed by atoms with van der Waals surface area (Å²) in [5.41, 5.74) is 4.31. The van der Waals surface area contributed by atoms with Crippen molar-refractivity contribution in [2.24, 2.45) is 23.7 Å². The number of aryl methyl sites for hydroxylation is 1. The second kappa shape index (κ2) is 18.5. The lowest BCUT2D eigenvalue weighted by molar-refractivity contribution is -0.390. The molecule has 8 fully saturated rings. The first kappa shape index (κ1) is 47.3. The Morgan fingerprint density at radius 1 is 0.849 bits per heavy atom. The maximum absolute atomic E-state index is 14.5. The van der Waals surface area contributed by atoms with Gasteiger partial charge in [-0.1, -0.05) is 32.4 Å². The number of nitrogens with zero attached hydrogens (tertiary/aromatic N) is 4. The van der Waals surface area contributed by atoms with Crippen molar-refractivity contribution in [1.82, 2.24) is 19.4 Å².